The number of hydrogen-bond acceptors (Lipinski definition) is 3. The predicted molar refractivity (Wildman–Crippen MR) is 48.8 cm³/mol. The van der Waals surface area contributed by atoms with Gasteiger partial charge in [-0.1, -0.05) is 0 Å². The summed E-state index contributed by atoms with van der Waals surface area (Å²) in [5.41, 5.74) is 0.522. The zero-order valence-electron chi connectivity index (χ0n) is 8.00. The van der Waals surface area contributed by atoms with Crippen molar-refractivity contribution in [3.8, 4) is 17.6 Å². The Morgan fingerprint density at radius 2 is 1.93 bits per heavy atom. The van der Waals surface area contributed by atoms with Gasteiger partial charge in [-0.15, -0.1) is 0 Å². The summed E-state index contributed by atoms with van der Waals surface area (Å²) < 4.78 is 23.0. The Kier molecular flexibility index (Phi) is 3.29. The Bertz CT molecular complexity index is 371. The van der Waals surface area contributed by atoms with Crippen molar-refractivity contribution < 1.29 is 13.9 Å². The Morgan fingerprint density at radius 3 is 2.43 bits per heavy atom. The van der Waals surface area contributed by atoms with E-state index in [9.17, 15) is 4.39 Å². The molecule has 0 spiro atoms. The number of benzene rings is 1. The van der Waals surface area contributed by atoms with Gasteiger partial charge in [-0.2, -0.15) is 5.26 Å². The standard InChI is InChI=1S/C10H10FNO2/c1-13-9-6-10(14-2)8(11)5-7(9)3-4-12/h5-6H,3H2,1-2H3. The zero-order chi connectivity index (χ0) is 10.6. The minimum Gasteiger partial charge on any atom is -0.496 e. The molecule has 0 aliphatic heterocycles. The summed E-state index contributed by atoms with van der Waals surface area (Å²) in [6.45, 7) is 0. The minimum atomic E-state index is -0.487. The fraction of sp³-hybridized carbons (Fsp3) is 0.300. The Hall–Kier alpha value is -1.76. The molecule has 4 heteroatoms. The predicted octanol–water partition coefficient (Wildman–Crippen LogP) is 1.91. The lowest BCUT2D eigenvalue weighted by atomic mass is 10.1. The molecular formula is C10H10FNO2. The number of hydrogen-bond donors (Lipinski definition) is 0. The Balaban J connectivity index is 3.18. The number of methoxy groups -OCH3 is 2. The van der Waals surface area contributed by atoms with Crippen molar-refractivity contribution in [1.82, 2.24) is 0 Å². The number of nitrogens with zero attached hydrogens (tertiary/aromatic N) is 1. The summed E-state index contributed by atoms with van der Waals surface area (Å²) in [5.74, 6) is 0.0897. The van der Waals surface area contributed by atoms with Gasteiger partial charge in [0.15, 0.2) is 11.6 Å². The number of ether oxygens (including phenoxy) is 2. The maximum Gasteiger partial charge on any atom is 0.165 e. The van der Waals surface area contributed by atoms with Gasteiger partial charge in [0.2, 0.25) is 0 Å². The van der Waals surface area contributed by atoms with Crippen LogP contribution in [0.25, 0.3) is 0 Å². The topological polar surface area (TPSA) is 42.2 Å². The molecule has 0 heterocycles. The van der Waals surface area contributed by atoms with Gasteiger partial charge in [0.05, 0.1) is 26.7 Å². The van der Waals surface area contributed by atoms with Crippen molar-refractivity contribution in [2.45, 2.75) is 6.42 Å². The zero-order valence-corrected chi connectivity index (χ0v) is 8.00. The lowest BCUT2D eigenvalue weighted by Crippen LogP contribution is -1.95. The molecule has 1 aromatic rings. The lowest BCUT2D eigenvalue weighted by Gasteiger charge is -2.08. The Labute approximate surface area is 81.7 Å². The van der Waals surface area contributed by atoms with Crippen LogP contribution >= 0.6 is 0 Å². The Morgan fingerprint density at radius 1 is 1.29 bits per heavy atom. The molecule has 0 aromatic heterocycles. The van der Waals surface area contributed by atoms with E-state index in [0.29, 0.717) is 11.3 Å². The molecule has 14 heavy (non-hydrogen) atoms. The molecule has 0 N–H and O–H groups in total. The second-order valence-corrected chi connectivity index (χ2v) is 2.63. The van der Waals surface area contributed by atoms with Crippen molar-refractivity contribution in [1.29, 1.82) is 5.26 Å². The van der Waals surface area contributed by atoms with E-state index < -0.39 is 5.82 Å². The fourth-order valence-electron chi connectivity index (χ4n) is 1.15. The molecule has 0 fully saturated rings. The minimum absolute atomic E-state index is 0.114. The van der Waals surface area contributed by atoms with Gasteiger partial charge in [-0.25, -0.2) is 4.39 Å². The maximum atomic E-state index is 13.2. The third kappa shape index (κ3) is 1.94. The first-order valence-electron chi connectivity index (χ1n) is 4.00. The van der Waals surface area contributed by atoms with E-state index in [2.05, 4.69) is 0 Å². The second kappa shape index (κ2) is 4.47. The average Bonchev–Trinajstić information content (AvgIpc) is 2.19. The van der Waals surface area contributed by atoms with Gasteiger partial charge in [0.1, 0.15) is 5.75 Å². The fourth-order valence-corrected chi connectivity index (χ4v) is 1.15. The molecule has 3 nitrogen and oxygen atoms in total. The highest BCUT2D eigenvalue weighted by molar-refractivity contribution is 5.42. The van der Waals surface area contributed by atoms with Gasteiger partial charge < -0.3 is 9.47 Å². The van der Waals surface area contributed by atoms with Gasteiger partial charge in [0, 0.05) is 11.6 Å². The first-order valence-corrected chi connectivity index (χ1v) is 4.00. The summed E-state index contributed by atoms with van der Waals surface area (Å²) >= 11 is 0. The van der Waals surface area contributed by atoms with Crippen molar-refractivity contribution in [2.75, 3.05) is 14.2 Å². The summed E-state index contributed by atoms with van der Waals surface area (Å²) in [4.78, 5) is 0. The van der Waals surface area contributed by atoms with E-state index in [1.807, 2.05) is 6.07 Å². The molecule has 0 atom stereocenters. The maximum absolute atomic E-state index is 13.2. The van der Waals surface area contributed by atoms with Crippen LogP contribution in [0.3, 0.4) is 0 Å². The molecule has 0 amide bonds. The van der Waals surface area contributed by atoms with Crippen LogP contribution in [-0.4, -0.2) is 14.2 Å². The monoisotopic (exact) mass is 195 g/mol. The van der Waals surface area contributed by atoms with Crippen molar-refractivity contribution in [3.63, 3.8) is 0 Å². The molecule has 1 rings (SSSR count). The van der Waals surface area contributed by atoms with Gasteiger partial charge in [0.25, 0.3) is 0 Å². The summed E-state index contributed by atoms with van der Waals surface area (Å²) in [6, 6.07) is 4.62. The van der Waals surface area contributed by atoms with E-state index in [1.54, 1.807) is 0 Å². The summed E-state index contributed by atoms with van der Waals surface area (Å²) in [5, 5.41) is 8.50. The highest BCUT2D eigenvalue weighted by Gasteiger charge is 2.10. The lowest BCUT2D eigenvalue weighted by molar-refractivity contribution is 0.372. The highest BCUT2D eigenvalue weighted by atomic mass is 19.1. The third-order valence-electron chi connectivity index (χ3n) is 1.82. The number of rotatable bonds is 3. The SMILES string of the molecule is COc1cc(OC)c(CC#N)cc1F. The van der Waals surface area contributed by atoms with Crippen LogP contribution in [-0.2, 0) is 6.42 Å². The number of halogens is 1. The largest absolute Gasteiger partial charge is 0.496 e. The molecule has 0 saturated carbocycles. The molecule has 74 valence electrons. The average molecular weight is 195 g/mol. The second-order valence-electron chi connectivity index (χ2n) is 2.63. The molecule has 0 aliphatic carbocycles. The molecule has 0 radical (unpaired) electrons. The summed E-state index contributed by atoms with van der Waals surface area (Å²) in [7, 11) is 2.84. The highest BCUT2D eigenvalue weighted by Crippen LogP contribution is 2.27. The normalized spacial score (nSPS) is 9.29. The number of nitriles is 1. The smallest absolute Gasteiger partial charge is 0.165 e. The van der Waals surface area contributed by atoms with Crippen LogP contribution in [0.15, 0.2) is 12.1 Å². The quantitative estimate of drug-likeness (QED) is 0.739. The van der Waals surface area contributed by atoms with Crippen molar-refractivity contribution in [2.24, 2.45) is 0 Å². The van der Waals surface area contributed by atoms with Crippen molar-refractivity contribution >= 4 is 0 Å². The molecular weight excluding hydrogens is 185 g/mol. The van der Waals surface area contributed by atoms with Gasteiger partial charge in [-0.3, -0.25) is 0 Å². The van der Waals surface area contributed by atoms with E-state index >= 15 is 0 Å². The van der Waals surface area contributed by atoms with Crippen LogP contribution in [0, 0.1) is 17.1 Å². The first-order chi connectivity index (χ1) is 6.72. The van der Waals surface area contributed by atoms with E-state index in [4.69, 9.17) is 14.7 Å². The third-order valence-corrected chi connectivity index (χ3v) is 1.82. The van der Waals surface area contributed by atoms with Crippen LogP contribution in [0.2, 0.25) is 0 Å². The molecule has 0 bridgehead atoms. The molecule has 0 unspecified atom stereocenters. The van der Waals surface area contributed by atoms with Gasteiger partial charge in [-0.05, 0) is 6.07 Å². The van der Waals surface area contributed by atoms with Crippen LogP contribution in [0.4, 0.5) is 4.39 Å². The van der Waals surface area contributed by atoms with Crippen LogP contribution in [0.5, 0.6) is 11.5 Å². The molecule has 1 aromatic carbocycles. The van der Waals surface area contributed by atoms with Gasteiger partial charge >= 0.3 is 0 Å². The van der Waals surface area contributed by atoms with Crippen LogP contribution < -0.4 is 9.47 Å². The van der Waals surface area contributed by atoms with E-state index in [1.165, 1.54) is 26.4 Å². The summed E-state index contributed by atoms with van der Waals surface area (Å²) in [6.07, 6.45) is 0.115. The first kappa shape index (κ1) is 10.3. The molecule has 0 aliphatic rings. The van der Waals surface area contributed by atoms with Crippen molar-refractivity contribution in [3.05, 3.63) is 23.5 Å². The van der Waals surface area contributed by atoms with E-state index in [-0.39, 0.29) is 12.2 Å². The molecule has 0 saturated heterocycles. The van der Waals surface area contributed by atoms with Crippen LogP contribution in [0.1, 0.15) is 5.56 Å². The van der Waals surface area contributed by atoms with E-state index in [0.717, 1.165) is 0 Å².